The Kier molecular flexibility index (Phi) is 4.77. The predicted molar refractivity (Wildman–Crippen MR) is 110 cm³/mol. The molecule has 150 valence electrons. The topological polar surface area (TPSA) is 138 Å². The van der Waals surface area contributed by atoms with Crippen molar-refractivity contribution in [1.29, 1.82) is 0 Å². The van der Waals surface area contributed by atoms with E-state index in [0.29, 0.717) is 11.3 Å². The van der Waals surface area contributed by atoms with Crippen LogP contribution >= 0.6 is 0 Å². The van der Waals surface area contributed by atoms with Gasteiger partial charge in [0.25, 0.3) is 11.6 Å². The second kappa shape index (κ2) is 7.55. The second-order valence-corrected chi connectivity index (χ2v) is 6.46. The number of carbonyl (C=O) groups excluding carboxylic acids is 2. The van der Waals surface area contributed by atoms with E-state index in [0.717, 1.165) is 22.4 Å². The van der Waals surface area contributed by atoms with Crippen LogP contribution in [0.2, 0.25) is 0 Å². The minimum absolute atomic E-state index is 0.0727. The average Bonchev–Trinajstić information content (AvgIpc) is 3.10. The summed E-state index contributed by atoms with van der Waals surface area (Å²) >= 11 is 0. The molecule has 9 nitrogen and oxygen atoms in total. The summed E-state index contributed by atoms with van der Waals surface area (Å²) in [5.74, 6) is -1.43. The van der Waals surface area contributed by atoms with Crippen LogP contribution in [-0.2, 0) is 9.53 Å². The number of nitrogens with two attached hydrogens (primary N) is 1. The molecule has 3 aromatic carbocycles. The molecule has 0 saturated heterocycles. The fourth-order valence-corrected chi connectivity index (χ4v) is 3.04. The molecule has 30 heavy (non-hydrogen) atoms. The Morgan fingerprint density at radius 2 is 1.80 bits per heavy atom. The Morgan fingerprint density at radius 1 is 1.03 bits per heavy atom. The number of ether oxygens (including phenoxy) is 1. The quantitative estimate of drug-likeness (QED) is 0.222. The highest BCUT2D eigenvalue weighted by atomic mass is 16.6. The molecule has 1 amide bonds. The number of furan rings is 1. The molecule has 4 rings (SSSR count). The van der Waals surface area contributed by atoms with E-state index >= 15 is 0 Å². The van der Waals surface area contributed by atoms with Gasteiger partial charge in [0.2, 0.25) is 0 Å². The van der Waals surface area contributed by atoms with Gasteiger partial charge in [-0.3, -0.25) is 14.9 Å². The van der Waals surface area contributed by atoms with Gasteiger partial charge in [-0.25, -0.2) is 4.79 Å². The van der Waals surface area contributed by atoms with Crippen molar-refractivity contribution < 1.29 is 23.7 Å². The lowest BCUT2D eigenvalue weighted by Crippen LogP contribution is -2.21. The molecule has 1 heterocycles. The molecule has 9 heteroatoms. The number of nitrogens with one attached hydrogen (secondary N) is 1. The van der Waals surface area contributed by atoms with E-state index < -0.39 is 29.1 Å². The fraction of sp³-hybridized carbons (Fsp3) is 0.0476. The van der Waals surface area contributed by atoms with Crippen molar-refractivity contribution in [3.8, 4) is 0 Å². The van der Waals surface area contributed by atoms with Crippen LogP contribution in [-0.4, -0.2) is 23.4 Å². The van der Waals surface area contributed by atoms with Crippen LogP contribution in [0.15, 0.2) is 65.1 Å². The highest BCUT2D eigenvalue weighted by Gasteiger charge is 2.17. The van der Waals surface area contributed by atoms with E-state index in [2.05, 4.69) is 5.32 Å². The Hall–Kier alpha value is -4.40. The SMILES string of the molecule is Nc1ccc(C(=O)OCC(=O)Nc2ccc3oc4ccccc4c3c2)cc1[N+](=O)[O-]. The van der Waals surface area contributed by atoms with Crippen LogP contribution < -0.4 is 11.1 Å². The summed E-state index contributed by atoms with van der Waals surface area (Å²) in [4.78, 5) is 34.5. The summed E-state index contributed by atoms with van der Waals surface area (Å²) in [5.41, 5.74) is 6.88. The van der Waals surface area contributed by atoms with Crippen molar-refractivity contribution in [2.45, 2.75) is 0 Å². The van der Waals surface area contributed by atoms with E-state index in [9.17, 15) is 19.7 Å². The molecular weight excluding hydrogens is 390 g/mol. The largest absolute Gasteiger partial charge is 0.456 e. The van der Waals surface area contributed by atoms with E-state index in [4.69, 9.17) is 14.9 Å². The molecule has 0 aliphatic heterocycles. The van der Waals surface area contributed by atoms with Gasteiger partial charge in [0.15, 0.2) is 6.61 Å². The molecule has 0 fully saturated rings. The number of nitro groups is 1. The fourth-order valence-electron chi connectivity index (χ4n) is 3.04. The first-order valence-corrected chi connectivity index (χ1v) is 8.84. The zero-order valence-corrected chi connectivity index (χ0v) is 15.5. The molecule has 0 aliphatic rings. The number of rotatable bonds is 5. The Morgan fingerprint density at radius 3 is 2.60 bits per heavy atom. The zero-order chi connectivity index (χ0) is 21.3. The summed E-state index contributed by atoms with van der Waals surface area (Å²) in [5, 5.41) is 15.3. The third-order valence-corrected chi connectivity index (χ3v) is 4.46. The molecule has 0 bridgehead atoms. The van der Waals surface area contributed by atoms with Gasteiger partial charge in [0, 0.05) is 22.5 Å². The summed E-state index contributed by atoms with van der Waals surface area (Å²) in [6, 6.07) is 16.3. The van der Waals surface area contributed by atoms with Gasteiger partial charge in [0.1, 0.15) is 16.9 Å². The third-order valence-electron chi connectivity index (χ3n) is 4.46. The summed E-state index contributed by atoms with van der Waals surface area (Å²) in [6.45, 7) is -0.554. The van der Waals surface area contributed by atoms with Crippen LogP contribution in [0.25, 0.3) is 21.9 Å². The molecule has 3 N–H and O–H groups in total. The summed E-state index contributed by atoms with van der Waals surface area (Å²) in [6.07, 6.45) is 0. The number of amides is 1. The number of nitrogens with zero attached hydrogens (tertiary/aromatic N) is 1. The maximum absolute atomic E-state index is 12.2. The maximum Gasteiger partial charge on any atom is 0.338 e. The molecule has 0 atom stereocenters. The molecule has 0 unspecified atom stereocenters. The predicted octanol–water partition coefficient (Wildman–Crippen LogP) is 3.87. The van der Waals surface area contributed by atoms with Crippen molar-refractivity contribution >= 4 is 50.9 Å². The maximum atomic E-state index is 12.2. The Bertz CT molecular complexity index is 1310. The lowest BCUT2D eigenvalue weighted by Gasteiger charge is -2.07. The molecule has 0 radical (unpaired) electrons. The number of nitro benzene ring substituents is 1. The molecule has 4 aromatic rings. The van der Waals surface area contributed by atoms with Gasteiger partial charge < -0.3 is 20.2 Å². The average molecular weight is 405 g/mol. The Balaban J connectivity index is 1.43. The smallest absolute Gasteiger partial charge is 0.338 e. The minimum Gasteiger partial charge on any atom is -0.456 e. The third kappa shape index (κ3) is 3.63. The lowest BCUT2D eigenvalue weighted by atomic mass is 10.1. The number of anilines is 2. The number of hydrogen-bond donors (Lipinski definition) is 2. The number of carbonyl (C=O) groups is 2. The second-order valence-electron chi connectivity index (χ2n) is 6.46. The minimum atomic E-state index is -0.871. The number of hydrogen-bond acceptors (Lipinski definition) is 7. The van der Waals surface area contributed by atoms with Crippen LogP contribution in [0.4, 0.5) is 17.1 Å². The van der Waals surface area contributed by atoms with E-state index in [-0.39, 0.29) is 11.3 Å². The van der Waals surface area contributed by atoms with E-state index in [1.807, 2.05) is 24.3 Å². The number of esters is 1. The first kappa shape index (κ1) is 18.9. The normalized spacial score (nSPS) is 10.8. The highest BCUT2D eigenvalue weighted by Crippen LogP contribution is 2.30. The van der Waals surface area contributed by atoms with Crippen molar-refractivity contribution in [3.05, 3.63) is 76.3 Å². The van der Waals surface area contributed by atoms with Crippen molar-refractivity contribution in [3.63, 3.8) is 0 Å². The molecule has 0 aliphatic carbocycles. The van der Waals surface area contributed by atoms with Crippen molar-refractivity contribution in [2.75, 3.05) is 17.7 Å². The first-order chi connectivity index (χ1) is 14.4. The highest BCUT2D eigenvalue weighted by molar-refractivity contribution is 6.07. The lowest BCUT2D eigenvalue weighted by molar-refractivity contribution is -0.383. The van der Waals surface area contributed by atoms with Gasteiger partial charge in [-0.05, 0) is 36.4 Å². The standard InChI is InChI=1S/C21H15N3O6/c22-16-7-5-12(9-17(16)24(27)28)21(26)29-11-20(25)23-13-6-8-19-15(10-13)14-3-1-2-4-18(14)30-19/h1-10H,11,22H2,(H,23,25). The van der Waals surface area contributed by atoms with Crippen LogP contribution in [0.3, 0.4) is 0 Å². The number of fused-ring (bicyclic) bond motifs is 3. The molecule has 0 spiro atoms. The zero-order valence-electron chi connectivity index (χ0n) is 15.5. The summed E-state index contributed by atoms with van der Waals surface area (Å²) < 4.78 is 10.7. The van der Waals surface area contributed by atoms with Crippen LogP contribution in [0.5, 0.6) is 0 Å². The van der Waals surface area contributed by atoms with Gasteiger partial charge in [-0.1, -0.05) is 18.2 Å². The van der Waals surface area contributed by atoms with Crippen LogP contribution in [0, 0.1) is 10.1 Å². The van der Waals surface area contributed by atoms with Gasteiger partial charge >= 0.3 is 5.97 Å². The van der Waals surface area contributed by atoms with Crippen molar-refractivity contribution in [2.24, 2.45) is 0 Å². The van der Waals surface area contributed by atoms with E-state index in [1.165, 1.54) is 12.1 Å². The Labute approximate surface area is 169 Å². The van der Waals surface area contributed by atoms with Gasteiger partial charge in [0.05, 0.1) is 10.5 Å². The van der Waals surface area contributed by atoms with Crippen LogP contribution in [0.1, 0.15) is 10.4 Å². The monoisotopic (exact) mass is 405 g/mol. The first-order valence-electron chi connectivity index (χ1n) is 8.84. The number of para-hydroxylation sites is 1. The summed E-state index contributed by atoms with van der Waals surface area (Å²) in [7, 11) is 0. The molecule has 0 saturated carbocycles. The van der Waals surface area contributed by atoms with Gasteiger partial charge in [-0.2, -0.15) is 0 Å². The van der Waals surface area contributed by atoms with E-state index in [1.54, 1.807) is 18.2 Å². The molecule has 1 aromatic heterocycles. The molecular formula is C21H15N3O6. The van der Waals surface area contributed by atoms with Gasteiger partial charge in [-0.15, -0.1) is 0 Å². The van der Waals surface area contributed by atoms with Crippen molar-refractivity contribution in [1.82, 2.24) is 0 Å². The number of benzene rings is 3. The number of nitrogen functional groups attached to an aromatic ring is 1.